The van der Waals surface area contributed by atoms with Crippen molar-refractivity contribution >= 4 is 47.0 Å². The van der Waals surface area contributed by atoms with Gasteiger partial charge in [0.2, 0.25) is 0 Å². The fourth-order valence-electron chi connectivity index (χ4n) is 3.38. The summed E-state index contributed by atoms with van der Waals surface area (Å²) >= 11 is 1.70. The smallest absolute Gasteiger partial charge is 0.191 e. The third-order valence-electron chi connectivity index (χ3n) is 5.21. The molecule has 0 aliphatic carbocycles. The molecule has 0 amide bonds. The van der Waals surface area contributed by atoms with Gasteiger partial charge in [0.05, 0.1) is 12.2 Å². The molecule has 0 bridgehead atoms. The van der Waals surface area contributed by atoms with Gasteiger partial charge in [0, 0.05) is 50.8 Å². The monoisotopic (exact) mass is 546 g/mol. The van der Waals surface area contributed by atoms with Gasteiger partial charge in [-0.05, 0) is 30.7 Å². The van der Waals surface area contributed by atoms with Gasteiger partial charge in [-0.1, -0.05) is 19.9 Å². The van der Waals surface area contributed by atoms with Crippen LogP contribution in [0, 0.1) is 5.82 Å². The molecule has 0 atom stereocenters. The fourth-order valence-corrected chi connectivity index (χ4v) is 4.18. The van der Waals surface area contributed by atoms with Crippen LogP contribution in [0.15, 0.2) is 29.4 Å². The van der Waals surface area contributed by atoms with E-state index in [-0.39, 0.29) is 29.8 Å². The molecule has 6 nitrogen and oxygen atoms in total. The van der Waals surface area contributed by atoms with Crippen LogP contribution in [0.4, 0.5) is 10.1 Å². The van der Waals surface area contributed by atoms with Crippen LogP contribution in [0.2, 0.25) is 0 Å². The molecule has 2 N–H and O–H groups in total. The van der Waals surface area contributed by atoms with Crippen LogP contribution in [0.1, 0.15) is 29.3 Å². The predicted octanol–water partition coefficient (Wildman–Crippen LogP) is 3.47. The van der Waals surface area contributed by atoms with Crippen molar-refractivity contribution in [3.05, 3.63) is 45.7 Å². The zero-order valence-corrected chi connectivity index (χ0v) is 21.1. The Labute approximate surface area is 200 Å². The number of halogens is 2. The van der Waals surface area contributed by atoms with E-state index in [1.807, 2.05) is 18.3 Å². The Kier molecular flexibility index (Phi) is 10.3. The van der Waals surface area contributed by atoms with Crippen molar-refractivity contribution in [2.45, 2.75) is 33.4 Å². The molecule has 1 fully saturated rings. The SMILES string of the molecule is CCc1cnc(CNC(=NC)NCc2ccc(N3CCN(CC)CC3)c(F)c2)s1.I. The lowest BCUT2D eigenvalue weighted by molar-refractivity contribution is 0.270. The highest BCUT2D eigenvalue weighted by molar-refractivity contribution is 14.0. The van der Waals surface area contributed by atoms with Crippen LogP contribution in [0.25, 0.3) is 0 Å². The van der Waals surface area contributed by atoms with E-state index in [9.17, 15) is 4.39 Å². The van der Waals surface area contributed by atoms with Crippen molar-refractivity contribution < 1.29 is 4.39 Å². The quantitative estimate of drug-likeness (QED) is 0.317. The van der Waals surface area contributed by atoms with Crippen LogP contribution in [-0.2, 0) is 19.5 Å². The maximum Gasteiger partial charge on any atom is 0.191 e. The second-order valence-corrected chi connectivity index (χ2v) is 8.26. The number of aryl methyl sites for hydroxylation is 1. The molecule has 9 heteroatoms. The number of likely N-dealkylation sites (N-methyl/N-ethyl adjacent to an activating group) is 1. The van der Waals surface area contributed by atoms with Crippen molar-refractivity contribution in [1.82, 2.24) is 20.5 Å². The van der Waals surface area contributed by atoms with E-state index in [2.05, 4.69) is 44.3 Å². The highest BCUT2D eigenvalue weighted by Gasteiger charge is 2.18. The summed E-state index contributed by atoms with van der Waals surface area (Å²) in [6.45, 7) is 10.2. The van der Waals surface area contributed by atoms with Gasteiger partial charge in [-0.15, -0.1) is 35.3 Å². The third kappa shape index (κ3) is 6.78. The molecule has 1 aliphatic rings. The number of rotatable bonds is 7. The van der Waals surface area contributed by atoms with Crippen molar-refractivity contribution in [3.63, 3.8) is 0 Å². The molecule has 1 aromatic heterocycles. The van der Waals surface area contributed by atoms with Crippen LogP contribution in [-0.4, -0.2) is 55.6 Å². The first-order valence-corrected chi connectivity index (χ1v) is 11.1. The van der Waals surface area contributed by atoms with E-state index in [0.717, 1.165) is 49.7 Å². The average Bonchev–Trinajstić information content (AvgIpc) is 3.22. The van der Waals surface area contributed by atoms with Crippen LogP contribution < -0.4 is 15.5 Å². The van der Waals surface area contributed by atoms with E-state index in [1.54, 1.807) is 24.5 Å². The number of aromatic nitrogens is 1. The minimum atomic E-state index is -0.160. The molecule has 1 aliphatic heterocycles. The summed E-state index contributed by atoms with van der Waals surface area (Å²) in [4.78, 5) is 14.4. The van der Waals surface area contributed by atoms with Crippen LogP contribution in [0.5, 0.6) is 0 Å². The molecule has 0 radical (unpaired) electrons. The number of anilines is 1. The normalized spacial score (nSPS) is 15.1. The van der Waals surface area contributed by atoms with Gasteiger partial charge >= 0.3 is 0 Å². The number of benzene rings is 1. The molecular weight excluding hydrogens is 514 g/mol. The number of aliphatic imine (C=N–C) groups is 1. The Balaban J connectivity index is 0.00000320. The van der Waals surface area contributed by atoms with Crippen molar-refractivity contribution in [2.75, 3.05) is 44.7 Å². The largest absolute Gasteiger partial charge is 0.367 e. The standard InChI is InChI=1S/C21H31FN6S.HI/c1-4-17-14-24-20(29-17)15-26-21(23-3)25-13-16-6-7-19(18(22)12-16)28-10-8-27(5-2)9-11-28;/h6-7,12,14H,4-5,8-11,13,15H2,1-3H3,(H2,23,25,26);1H. The lowest BCUT2D eigenvalue weighted by atomic mass is 10.1. The van der Waals surface area contributed by atoms with Crippen molar-refractivity contribution in [3.8, 4) is 0 Å². The summed E-state index contributed by atoms with van der Waals surface area (Å²) in [6.07, 6.45) is 2.92. The second-order valence-electron chi connectivity index (χ2n) is 7.06. The van der Waals surface area contributed by atoms with Gasteiger partial charge in [0.1, 0.15) is 10.8 Å². The van der Waals surface area contributed by atoms with E-state index < -0.39 is 0 Å². The summed E-state index contributed by atoms with van der Waals surface area (Å²) in [6, 6.07) is 5.50. The number of piperazine rings is 1. The molecule has 30 heavy (non-hydrogen) atoms. The number of nitrogens with one attached hydrogen (secondary N) is 2. The Morgan fingerprint density at radius 3 is 2.50 bits per heavy atom. The first kappa shape index (κ1) is 24.8. The Morgan fingerprint density at radius 2 is 1.90 bits per heavy atom. The Morgan fingerprint density at radius 1 is 1.17 bits per heavy atom. The summed E-state index contributed by atoms with van der Waals surface area (Å²) < 4.78 is 14.7. The molecular formula is C21H32FIN6S. The van der Waals surface area contributed by atoms with E-state index in [0.29, 0.717) is 24.7 Å². The molecule has 2 aromatic rings. The van der Waals surface area contributed by atoms with Gasteiger partial charge in [-0.25, -0.2) is 9.37 Å². The predicted molar refractivity (Wildman–Crippen MR) is 135 cm³/mol. The van der Waals surface area contributed by atoms with Gasteiger partial charge < -0.3 is 20.4 Å². The van der Waals surface area contributed by atoms with E-state index in [1.165, 1.54) is 4.88 Å². The zero-order valence-electron chi connectivity index (χ0n) is 17.9. The van der Waals surface area contributed by atoms with E-state index in [4.69, 9.17) is 0 Å². The first-order valence-electron chi connectivity index (χ1n) is 10.3. The maximum absolute atomic E-state index is 14.7. The van der Waals surface area contributed by atoms with Crippen LogP contribution in [0.3, 0.4) is 0 Å². The summed E-state index contributed by atoms with van der Waals surface area (Å²) in [7, 11) is 1.73. The van der Waals surface area contributed by atoms with Crippen LogP contribution >= 0.6 is 35.3 Å². The summed E-state index contributed by atoms with van der Waals surface area (Å²) in [5.74, 6) is 0.519. The summed E-state index contributed by atoms with van der Waals surface area (Å²) in [5.41, 5.74) is 1.59. The highest BCUT2D eigenvalue weighted by Crippen LogP contribution is 2.22. The van der Waals surface area contributed by atoms with Gasteiger partial charge in [-0.2, -0.15) is 0 Å². The van der Waals surface area contributed by atoms with E-state index >= 15 is 0 Å². The maximum atomic E-state index is 14.7. The van der Waals surface area contributed by atoms with Gasteiger partial charge in [0.25, 0.3) is 0 Å². The number of guanidine groups is 1. The van der Waals surface area contributed by atoms with Crippen molar-refractivity contribution in [2.24, 2.45) is 4.99 Å². The molecule has 1 saturated heterocycles. The highest BCUT2D eigenvalue weighted by atomic mass is 127. The number of hydrogen-bond donors (Lipinski definition) is 2. The molecule has 166 valence electrons. The number of thiazole rings is 1. The lowest BCUT2D eigenvalue weighted by Gasteiger charge is -2.35. The number of nitrogens with zero attached hydrogens (tertiary/aromatic N) is 4. The molecule has 2 heterocycles. The molecule has 0 spiro atoms. The van der Waals surface area contributed by atoms with Gasteiger partial charge in [-0.3, -0.25) is 4.99 Å². The molecule has 3 rings (SSSR count). The van der Waals surface area contributed by atoms with Crippen molar-refractivity contribution in [1.29, 1.82) is 0 Å². The summed E-state index contributed by atoms with van der Waals surface area (Å²) in [5, 5.41) is 7.54. The molecule has 0 unspecified atom stereocenters. The topological polar surface area (TPSA) is 55.8 Å². The zero-order chi connectivity index (χ0) is 20.6. The lowest BCUT2D eigenvalue weighted by Crippen LogP contribution is -2.46. The Hall–Kier alpha value is -1.46. The molecule has 0 saturated carbocycles. The fraction of sp³-hybridized carbons (Fsp3) is 0.524. The average molecular weight is 546 g/mol. The minimum absolute atomic E-state index is 0. The Bertz CT molecular complexity index is 820. The third-order valence-corrected chi connectivity index (χ3v) is 6.35. The van der Waals surface area contributed by atoms with Gasteiger partial charge in [0.15, 0.2) is 5.96 Å². The molecule has 1 aromatic carbocycles. The first-order chi connectivity index (χ1) is 14.1. The number of hydrogen-bond acceptors (Lipinski definition) is 5. The minimum Gasteiger partial charge on any atom is -0.367 e. The second kappa shape index (κ2) is 12.4.